The summed E-state index contributed by atoms with van der Waals surface area (Å²) in [4.78, 5) is 47.9. The van der Waals surface area contributed by atoms with E-state index in [1.54, 1.807) is 12.1 Å². The number of hydrogen-bond donors (Lipinski definition) is 0. The molecule has 6 nitrogen and oxygen atoms in total. The fraction of sp³-hybridized carbons (Fsp3) is 0.276. The normalized spacial score (nSPS) is 29.3. The van der Waals surface area contributed by atoms with Crippen LogP contribution in [0.5, 0.6) is 0 Å². The van der Waals surface area contributed by atoms with E-state index in [0.29, 0.717) is 18.8 Å². The lowest BCUT2D eigenvalue weighted by Crippen LogP contribution is -2.55. The molecule has 174 valence electrons. The van der Waals surface area contributed by atoms with E-state index in [2.05, 4.69) is 4.90 Å². The van der Waals surface area contributed by atoms with Crippen LogP contribution in [0, 0.1) is 11.8 Å². The van der Waals surface area contributed by atoms with Gasteiger partial charge in [-0.2, -0.15) is 0 Å². The van der Waals surface area contributed by atoms with Gasteiger partial charge in [-0.15, -0.1) is 0 Å². The summed E-state index contributed by atoms with van der Waals surface area (Å²) in [7, 11) is 0. The predicted octanol–water partition coefficient (Wildman–Crippen LogP) is 3.71. The van der Waals surface area contributed by atoms with E-state index in [1.807, 2.05) is 77.7 Å². The Balaban J connectivity index is 1.41. The summed E-state index contributed by atoms with van der Waals surface area (Å²) in [6.07, 6.45) is 1.73. The molecule has 3 amide bonds. The molecule has 3 aromatic rings. The Labute approximate surface area is 203 Å². The zero-order valence-corrected chi connectivity index (χ0v) is 19.2. The number of nitrogens with zero attached hydrogens (tertiary/aromatic N) is 3. The second kappa shape index (κ2) is 7.36. The number of para-hydroxylation sites is 2. The summed E-state index contributed by atoms with van der Waals surface area (Å²) in [5, 5.41) is 0. The second-order valence-electron chi connectivity index (χ2n) is 9.91. The standard InChI is InChI=1S/C29H25N3O3/c33-26-24-23-16-9-17-31(23)29(25(24)27(34)32(26)20-12-5-2-6-13-20)21-14-7-8-15-22(21)30(28(29)35)18-19-10-3-1-4-11-19/h1-8,10-15,23-25H,9,16-18H2/t23-,24-,25-,29-/m1/s1. The quantitative estimate of drug-likeness (QED) is 0.556. The topological polar surface area (TPSA) is 60.9 Å². The van der Waals surface area contributed by atoms with E-state index in [-0.39, 0.29) is 23.8 Å². The van der Waals surface area contributed by atoms with Crippen LogP contribution in [-0.2, 0) is 26.5 Å². The Hall–Kier alpha value is -3.77. The zero-order valence-electron chi connectivity index (χ0n) is 19.2. The van der Waals surface area contributed by atoms with Crippen LogP contribution in [0.25, 0.3) is 0 Å². The van der Waals surface area contributed by atoms with E-state index in [9.17, 15) is 14.4 Å². The first-order valence-electron chi connectivity index (χ1n) is 12.3. The molecule has 0 unspecified atom stereocenters. The Bertz CT molecular complexity index is 1360. The summed E-state index contributed by atoms with van der Waals surface area (Å²) in [5.74, 6) is -1.76. The molecule has 0 aliphatic carbocycles. The molecule has 7 rings (SSSR count). The summed E-state index contributed by atoms with van der Waals surface area (Å²) in [6.45, 7) is 1.14. The fourth-order valence-corrected chi connectivity index (χ4v) is 7.09. The summed E-state index contributed by atoms with van der Waals surface area (Å²) in [6, 6.07) is 26.8. The molecule has 3 aromatic carbocycles. The van der Waals surface area contributed by atoms with Gasteiger partial charge < -0.3 is 4.90 Å². The van der Waals surface area contributed by atoms with Crippen molar-refractivity contribution in [2.24, 2.45) is 11.8 Å². The van der Waals surface area contributed by atoms with Crippen molar-refractivity contribution in [1.29, 1.82) is 0 Å². The van der Waals surface area contributed by atoms with Crippen molar-refractivity contribution in [3.05, 3.63) is 96.1 Å². The van der Waals surface area contributed by atoms with Crippen LogP contribution in [0.2, 0.25) is 0 Å². The third-order valence-electron chi connectivity index (χ3n) is 8.34. The van der Waals surface area contributed by atoms with Crippen molar-refractivity contribution in [3.8, 4) is 0 Å². The van der Waals surface area contributed by atoms with Crippen LogP contribution < -0.4 is 9.80 Å². The monoisotopic (exact) mass is 463 g/mol. The van der Waals surface area contributed by atoms with Crippen molar-refractivity contribution >= 4 is 29.1 Å². The summed E-state index contributed by atoms with van der Waals surface area (Å²) in [5.41, 5.74) is 2.16. The largest absolute Gasteiger partial charge is 0.306 e. The zero-order chi connectivity index (χ0) is 23.7. The fourth-order valence-electron chi connectivity index (χ4n) is 7.09. The highest BCUT2D eigenvalue weighted by Crippen LogP contribution is 2.62. The number of benzene rings is 3. The number of hydrogen-bond acceptors (Lipinski definition) is 4. The molecule has 4 aliphatic rings. The predicted molar refractivity (Wildman–Crippen MR) is 131 cm³/mol. The van der Waals surface area contributed by atoms with Gasteiger partial charge in [0.1, 0.15) is 5.54 Å². The lowest BCUT2D eigenvalue weighted by atomic mass is 9.75. The minimum atomic E-state index is -1.15. The number of fused-ring (bicyclic) bond motifs is 7. The molecular weight excluding hydrogens is 438 g/mol. The van der Waals surface area contributed by atoms with E-state index in [1.165, 1.54) is 4.90 Å². The van der Waals surface area contributed by atoms with E-state index >= 15 is 0 Å². The number of imide groups is 1. The molecule has 0 N–H and O–H groups in total. The van der Waals surface area contributed by atoms with E-state index in [0.717, 1.165) is 29.7 Å². The van der Waals surface area contributed by atoms with E-state index < -0.39 is 17.4 Å². The Morgan fingerprint density at radius 1 is 0.800 bits per heavy atom. The van der Waals surface area contributed by atoms with Gasteiger partial charge in [0.15, 0.2) is 0 Å². The third kappa shape index (κ3) is 2.55. The molecule has 4 atom stereocenters. The smallest absolute Gasteiger partial charge is 0.253 e. The Morgan fingerprint density at radius 3 is 2.26 bits per heavy atom. The minimum Gasteiger partial charge on any atom is -0.306 e. The molecule has 6 heteroatoms. The van der Waals surface area contributed by atoms with Gasteiger partial charge >= 0.3 is 0 Å². The Kier molecular flexibility index (Phi) is 4.33. The highest BCUT2D eigenvalue weighted by molar-refractivity contribution is 6.26. The van der Waals surface area contributed by atoms with Crippen LogP contribution >= 0.6 is 0 Å². The van der Waals surface area contributed by atoms with Crippen LogP contribution in [0.4, 0.5) is 11.4 Å². The first-order chi connectivity index (χ1) is 17.1. The average molecular weight is 464 g/mol. The van der Waals surface area contributed by atoms with Gasteiger partial charge in [-0.25, -0.2) is 4.90 Å². The van der Waals surface area contributed by atoms with Crippen molar-refractivity contribution in [2.45, 2.75) is 31.0 Å². The minimum absolute atomic E-state index is 0.0852. The molecule has 0 radical (unpaired) electrons. The van der Waals surface area contributed by atoms with Gasteiger partial charge in [-0.3, -0.25) is 19.3 Å². The number of anilines is 2. The maximum absolute atomic E-state index is 14.6. The van der Waals surface area contributed by atoms with Crippen LogP contribution in [0.15, 0.2) is 84.9 Å². The van der Waals surface area contributed by atoms with Crippen molar-refractivity contribution < 1.29 is 14.4 Å². The van der Waals surface area contributed by atoms with Gasteiger partial charge in [0.2, 0.25) is 11.8 Å². The Morgan fingerprint density at radius 2 is 1.49 bits per heavy atom. The third-order valence-corrected chi connectivity index (χ3v) is 8.34. The molecule has 0 aromatic heterocycles. The maximum atomic E-state index is 14.6. The molecule has 4 aliphatic heterocycles. The molecule has 4 heterocycles. The molecular formula is C29H25N3O3. The van der Waals surface area contributed by atoms with Crippen LogP contribution in [-0.4, -0.2) is 35.2 Å². The molecule has 3 saturated heterocycles. The average Bonchev–Trinajstić information content (AvgIpc) is 3.59. The molecule has 0 saturated carbocycles. The van der Waals surface area contributed by atoms with Gasteiger partial charge in [0, 0.05) is 17.3 Å². The first kappa shape index (κ1) is 20.6. The maximum Gasteiger partial charge on any atom is 0.253 e. The molecule has 35 heavy (non-hydrogen) atoms. The van der Waals surface area contributed by atoms with Crippen LogP contribution in [0.3, 0.4) is 0 Å². The molecule has 0 bridgehead atoms. The summed E-state index contributed by atoms with van der Waals surface area (Å²) >= 11 is 0. The second-order valence-corrected chi connectivity index (χ2v) is 9.91. The highest BCUT2D eigenvalue weighted by atomic mass is 16.2. The van der Waals surface area contributed by atoms with Gasteiger partial charge in [0.25, 0.3) is 5.91 Å². The van der Waals surface area contributed by atoms with Crippen molar-refractivity contribution in [3.63, 3.8) is 0 Å². The van der Waals surface area contributed by atoms with Gasteiger partial charge in [0.05, 0.1) is 24.1 Å². The highest BCUT2D eigenvalue weighted by Gasteiger charge is 2.75. The number of carbonyl (C=O) groups is 3. The SMILES string of the molecule is O=C1[C@@H]2[C@H]3CCCN3[C@@]3(C(=O)N(Cc4ccccc4)c4ccccc43)[C@H]2C(=O)N1c1ccccc1. The number of carbonyl (C=O) groups excluding carboxylic acids is 3. The lowest BCUT2D eigenvalue weighted by Gasteiger charge is -2.37. The number of rotatable bonds is 3. The van der Waals surface area contributed by atoms with E-state index in [4.69, 9.17) is 0 Å². The van der Waals surface area contributed by atoms with Crippen LogP contribution in [0.1, 0.15) is 24.0 Å². The lowest BCUT2D eigenvalue weighted by molar-refractivity contribution is -0.137. The molecule has 1 spiro atoms. The van der Waals surface area contributed by atoms with Gasteiger partial charge in [-0.1, -0.05) is 66.7 Å². The molecule has 3 fully saturated rings. The number of amides is 3. The van der Waals surface area contributed by atoms with Crippen molar-refractivity contribution in [1.82, 2.24) is 4.90 Å². The first-order valence-corrected chi connectivity index (χ1v) is 12.3. The van der Waals surface area contributed by atoms with Crippen molar-refractivity contribution in [2.75, 3.05) is 16.3 Å². The summed E-state index contributed by atoms with van der Waals surface area (Å²) < 4.78 is 0. The van der Waals surface area contributed by atoms with Gasteiger partial charge in [-0.05, 0) is 43.1 Å².